The molecule has 0 spiro atoms. The van der Waals surface area contributed by atoms with Gasteiger partial charge in [0.15, 0.2) is 0 Å². The Hall–Kier alpha value is 0.280. The van der Waals surface area contributed by atoms with E-state index < -0.39 is 0 Å². The molecular formula is C11H13BrCl2. The van der Waals surface area contributed by atoms with Crippen LogP contribution in [0.2, 0.25) is 10.0 Å². The molecule has 0 aliphatic rings. The summed E-state index contributed by atoms with van der Waals surface area (Å²) < 4.78 is 0. The molecule has 3 heteroatoms. The first kappa shape index (κ1) is 12.4. The Kier molecular flexibility index (Phi) is 5.29. The maximum absolute atomic E-state index is 6.09. The molecule has 0 aliphatic carbocycles. The molecule has 0 aliphatic heterocycles. The van der Waals surface area contributed by atoms with Crippen LogP contribution in [0.25, 0.3) is 0 Å². The average Bonchev–Trinajstić information content (AvgIpc) is 2.18. The van der Waals surface area contributed by atoms with E-state index in [-0.39, 0.29) is 0 Å². The highest BCUT2D eigenvalue weighted by atomic mass is 79.9. The summed E-state index contributed by atoms with van der Waals surface area (Å²) in [6.07, 6.45) is 2.08. The third kappa shape index (κ3) is 3.15. The Morgan fingerprint density at radius 3 is 2.29 bits per heavy atom. The van der Waals surface area contributed by atoms with Crippen LogP contribution in [0.5, 0.6) is 0 Å². The second-order valence-corrected chi connectivity index (χ2v) is 4.79. The molecule has 14 heavy (non-hydrogen) atoms. The Labute approximate surface area is 104 Å². The molecule has 0 saturated heterocycles. The fraction of sp³-hybridized carbons (Fsp3) is 0.455. The van der Waals surface area contributed by atoms with E-state index >= 15 is 0 Å². The van der Waals surface area contributed by atoms with E-state index in [0.29, 0.717) is 5.92 Å². The van der Waals surface area contributed by atoms with Crippen molar-refractivity contribution in [1.29, 1.82) is 0 Å². The SMILES string of the molecule is CCC(CBr)Cc1c(Cl)cccc1Cl. The van der Waals surface area contributed by atoms with Gasteiger partial charge in [-0.05, 0) is 30.0 Å². The predicted molar refractivity (Wildman–Crippen MR) is 67.7 cm³/mol. The largest absolute Gasteiger partial charge is 0.0925 e. The van der Waals surface area contributed by atoms with Crippen molar-refractivity contribution in [2.24, 2.45) is 5.92 Å². The van der Waals surface area contributed by atoms with Crippen molar-refractivity contribution in [2.45, 2.75) is 19.8 Å². The predicted octanol–water partition coefficient (Wildman–Crippen LogP) is 4.96. The molecule has 1 aromatic carbocycles. The van der Waals surface area contributed by atoms with Gasteiger partial charge in [-0.25, -0.2) is 0 Å². The second kappa shape index (κ2) is 5.99. The highest BCUT2D eigenvalue weighted by Crippen LogP contribution is 2.28. The van der Waals surface area contributed by atoms with Gasteiger partial charge in [0, 0.05) is 15.4 Å². The first-order valence-corrected chi connectivity index (χ1v) is 6.55. The first-order chi connectivity index (χ1) is 6.69. The van der Waals surface area contributed by atoms with Gasteiger partial charge in [0.2, 0.25) is 0 Å². The van der Waals surface area contributed by atoms with Gasteiger partial charge in [-0.3, -0.25) is 0 Å². The number of rotatable bonds is 4. The summed E-state index contributed by atoms with van der Waals surface area (Å²) in [5, 5.41) is 2.54. The van der Waals surface area contributed by atoms with Crippen LogP contribution >= 0.6 is 39.1 Å². The Morgan fingerprint density at radius 2 is 1.86 bits per heavy atom. The zero-order chi connectivity index (χ0) is 10.6. The fourth-order valence-electron chi connectivity index (χ4n) is 1.32. The summed E-state index contributed by atoms with van der Waals surface area (Å²) in [4.78, 5) is 0. The van der Waals surface area contributed by atoms with E-state index in [4.69, 9.17) is 23.2 Å². The molecule has 0 radical (unpaired) electrons. The maximum atomic E-state index is 6.09. The molecule has 0 aromatic heterocycles. The smallest absolute Gasteiger partial charge is 0.0452 e. The van der Waals surface area contributed by atoms with Gasteiger partial charge < -0.3 is 0 Å². The van der Waals surface area contributed by atoms with Gasteiger partial charge in [-0.1, -0.05) is 58.5 Å². The Bertz CT molecular complexity index is 275. The van der Waals surface area contributed by atoms with E-state index in [1.54, 1.807) is 0 Å². The molecule has 0 amide bonds. The fourth-order valence-corrected chi connectivity index (χ4v) is 2.56. The van der Waals surface area contributed by atoms with E-state index in [0.717, 1.165) is 33.8 Å². The molecule has 1 atom stereocenters. The maximum Gasteiger partial charge on any atom is 0.0452 e. The van der Waals surface area contributed by atoms with Crippen molar-refractivity contribution < 1.29 is 0 Å². The van der Waals surface area contributed by atoms with Crippen LogP contribution in [-0.2, 0) is 6.42 Å². The minimum Gasteiger partial charge on any atom is -0.0925 e. The molecular weight excluding hydrogens is 283 g/mol. The number of benzene rings is 1. The topological polar surface area (TPSA) is 0 Å². The van der Waals surface area contributed by atoms with Crippen molar-refractivity contribution in [3.63, 3.8) is 0 Å². The normalized spacial score (nSPS) is 12.9. The summed E-state index contributed by atoms with van der Waals surface area (Å²) in [5.41, 5.74) is 1.07. The molecule has 0 nitrogen and oxygen atoms in total. The molecule has 78 valence electrons. The summed E-state index contributed by atoms with van der Waals surface area (Å²) in [6, 6.07) is 5.66. The lowest BCUT2D eigenvalue weighted by molar-refractivity contribution is 0.574. The van der Waals surface area contributed by atoms with Crippen LogP contribution in [-0.4, -0.2) is 5.33 Å². The van der Waals surface area contributed by atoms with Crippen LogP contribution in [0, 0.1) is 5.92 Å². The Morgan fingerprint density at radius 1 is 1.29 bits per heavy atom. The average molecular weight is 296 g/mol. The standard InChI is InChI=1S/C11H13BrCl2/c1-2-8(7-12)6-9-10(13)4-3-5-11(9)14/h3-5,8H,2,6-7H2,1H3. The third-order valence-corrected chi connectivity index (χ3v) is 3.97. The van der Waals surface area contributed by atoms with Gasteiger partial charge >= 0.3 is 0 Å². The molecule has 0 N–H and O–H groups in total. The number of halogens is 3. The molecule has 0 fully saturated rings. The van der Waals surface area contributed by atoms with Crippen molar-refractivity contribution in [3.8, 4) is 0 Å². The zero-order valence-electron chi connectivity index (χ0n) is 8.06. The van der Waals surface area contributed by atoms with Crippen LogP contribution in [0.15, 0.2) is 18.2 Å². The quantitative estimate of drug-likeness (QED) is 0.689. The summed E-state index contributed by atoms with van der Waals surface area (Å²) >= 11 is 15.7. The molecule has 0 saturated carbocycles. The van der Waals surface area contributed by atoms with Gasteiger partial charge in [-0.2, -0.15) is 0 Å². The Balaban J connectivity index is 2.84. The van der Waals surface area contributed by atoms with Crippen LogP contribution < -0.4 is 0 Å². The van der Waals surface area contributed by atoms with Crippen molar-refractivity contribution in [3.05, 3.63) is 33.8 Å². The molecule has 0 bridgehead atoms. The van der Waals surface area contributed by atoms with Gasteiger partial charge in [-0.15, -0.1) is 0 Å². The third-order valence-electron chi connectivity index (χ3n) is 2.35. The molecule has 1 rings (SSSR count). The highest BCUT2D eigenvalue weighted by Gasteiger charge is 2.11. The summed E-state index contributed by atoms with van der Waals surface area (Å²) in [6.45, 7) is 2.18. The minimum atomic E-state index is 0.604. The lowest BCUT2D eigenvalue weighted by Gasteiger charge is -2.13. The van der Waals surface area contributed by atoms with Gasteiger partial charge in [0.1, 0.15) is 0 Å². The summed E-state index contributed by atoms with van der Waals surface area (Å²) in [7, 11) is 0. The molecule has 0 heterocycles. The van der Waals surface area contributed by atoms with Gasteiger partial charge in [0.25, 0.3) is 0 Å². The second-order valence-electron chi connectivity index (χ2n) is 3.33. The first-order valence-electron chi connectivity index (χ1n) is 4.67. The lowest BCUT2D eigenvalue weighted by atomic mass is 9.99. The number of hydrogen-bond acceptors (Lipinski definition) is 0. The summed E-state index contributed by atoms with van der Waals surface area (Å²) in [5.74, 6) is 0.604. The van der Waals surface area contributed by atoms with Crippen LogP contribution in [0.3, 0.4) is 0 Å². The molecule has 1 unspecified atom stereocenters. The highest BCUT2D eigenvalue weighted by molar-refractivity contribution is 9.09. The molecule has 1 aromatic rings. The minimum absolute atomic E-state index is 0.604. The van der Waals surface area contributed by atoms with E-state index in [1.807, 2.05) is 18.2 Å². The van der Waals surface area contributed by atoms with E-state index in [1.165, 1.54) is 0 Å². The van der Waals surface area contributed by atoms with Crippen molar-refractivity contribution in [2.75, 3.05) is 5.33 Å². The van der Waals surface area contributed by atoms with E-state index in [2.05, 4.69) is 22.9 Å². The zero-order valence-corrected chi connectivity index (χ0v) is 11.2. The number of alkyl halides is 1. The number of hydrogen-bond donors (Lipinski definition) is 0. The van der Waals surface area contributed by atoms with Crippen LogP contribution in [0.1, 0.15) is 18.9 Å². The van der Waals surface area contributed by atoms with E-state index in [9.17, 15) is 0 Å². The lowest BCUT2D eigenvalue weighted by Crippen LogP contribution is -2.05. The van der Waals surface area contributed by atoms with Crippen molar-refractivity contribution in [1.82, 2.24) is 0 Å². The monoisotopic (exact) mass is 294 g/mol. The van der Waals surface area contributed by atoms with Gasteiger partial charge in [0.05, 0.1) is 0 Å². The van der Waals surface area contributed by atoms with Crippen molar-refractivity contribution >= 4 is 39.1 Å². The van der Waals surface area contributed by atoms with Crippen LogP contribution in [0.4, 0.5) is 0 Å².